The van der Waals surface area contributed by atoms with Crippen LogP contribution in [-0.4, -0.2) is 28.0 Å². The van der Waals surface area contributed by atoms with Gasteiger partial charge < -0.3 is 10.5 Å². The molecule has 1 aliphatic heterocycles. The SMILES string of the molecule is C[C@H]1C2[C@H]1[C@H](C(=O)CN1C=CNN1)[C@@]1(C)CC[C@H]3[C@@H](CC[C@@H]4C[C@](C)(O)CC[C@@H]43)[C@H]21. The molecule has 0 bridgehead atoms. The fourth-order valence-electron chi connectivity index (χ4n) is 9.73. The van der Waals surface area contributed by atoms with Crippen LogP contribution in [0.25, 0.3) is 0 Å². The van der Waals surface area contributed by atoms with E-state index in [1.165, 1.54) is 32.1 Å². The van der Waals surface area contributed by atoms with Crippen molar-refractivity contribution in [2.75, 3.05) is 6.54 Å². The highest BCUT2D eigenvalue weighted by Crippen LogP contribution is 2.76. The normalized spacial score (nSPS) is 55.9. The van der Waals surface area contributed by atoms with Crippen LogP contribution in [0, 0.1) is 58.7 Å². The number of carbonyl (C=O) groups is 1. The molecule has 3 N–H and O–H groups in total. The predicted molar refractivity (Wildman–Crippen MR) is 115 cm³/mol. The summed E-state index contributed by atoms with van der Waals surface area (Å²) in [7, 11) is 0. The van der Waals surface area contributed by atoms with Crippen molar-refractivity contribution in [3.63, 3.8) is 0 Å². The van der Waals surface area contributed by atoms with Crippen molar-refractivity contribution in [3.05, 3.63) is 12.4 Å². The van der Waals surface area contributed by atoms with Crippen LogP contribution >= 0.6 is 0 Å². The number of hydrazine groups is 2. The molecule has 0 aromatic heterocycles. The minimum absolute atomic E-state index is 0.198. The molecule has 30 heavy (non-hydrogen) atoms. The first-order chi connectivity index (χ1) is 14.3. The standard InChI is InChI=1S/C25H39N3O2/c1-14-20-21(14)23(19(29)13-28-11-10-26-27-28)25(3)9-7-17-16-6-8-24(2,30)12-15(16)4-5-18(17)22(20)25/h10-11,14-18,20-23,26-27,30H,4-9,12-13H2,1-3H3/t14-,15+,16-,17+,18+,20?,21-,22+,23-,24+,25-/m0/s1. The predicted octanol–water partition coefficient (Wildman–Crippen LogP) is 3.47. The number of nitrogens with one attached hydrogen (secondary N) is 2. The van der Waals surface area contributed by atoms with Crippen molar-refractivity contribution in [2.45, 2.75) is 71.3 Å². The first-order valence-electron chi connectivity index (χ1n) is 12.5. The fourth-order valence-corrected chi connectivity index (χ4v) is 9.73. The zero-order chi connectivity index (χ0) is 20.8. The Hall–Kier alpha value is -1.07. The molecule has 166 valence electrons. The van der Waals surface area contributed by atoms with Crippen molar-refractivity contribution in [2.24, 2.45) is 58.7 Å². The van der Waals surface area contributed by atoms with Crippen LogP contribution in [0.4, 0.5) is 0 Å². The molecular weight excluding hydrogens is 374 g/mol. The van der Waals surface area contributed by atoms with E-state index >= 15 is 0 Å². The van der Waals surface area contributed by atoms with Gasteiger partial charge in [0.15, 0.2) is 5.78 Å². The topological polar surface area (TPSA) is 64.6 Å². The third-order valence-electron chi connectivity index (χ3n) is 10.8. The molecule has 1 heterocycles. The van der Waals surface area contributed by atoms with Crippen LogP contribution in [0.5, 0.6) is 0 Å². The summed E-state index contributed by atoms with van der Waals surface area (Å²) in [6.07, 6.45) is 12.2. The van der Waals surface area contributed by atoms with Gasteiger partial charge in [-0.2, -0.15) is 0 Å². The van der Waals surface area contributed by atoms with Crippen LogP contribution in [0.3, 0.4) is 0 Å². The van der Waals surface area contributed by atoms with Gasteiger partial charge in [0.2, 0.25) is 0 Å². The maximum absolute atomic E-state index is 13.5. The number of hydrogen-bond donors (Lipinski definition) is 3. The van der Waals surface area contributed by atoms with Gasteiger partial charge in [0.05, 0.1) is 12.1 Å². The van der Waals surface area contributed by atoms with E-state index in [0.29, 0.717) is 18.2 Å². The van der Waals surface area contributed by atoms with Gasteiger partial charge in [-0.1, -0.05) is 13.8 Å². The quantitative estimate of drug-likeness (QED) is 0.661. The molecule has 5 aliphatic carbocycles. The van der Waals surface area contributed by atoms with Gasteiger partial charge in [-0.3, -0.25) is 9.80 Å². The Bertz CT molecular complexity index is 765. The molecule has 0 amide bonds. The van der Waals surface area contributed by atoms with Crippen molar-refractivity contribution in [1.82, 2.24) is 16.0 Å². The van der Waals surface area contributed by atoms with Crippen molar-refractivity contribution in [1.29, 1.82) is 0 Å². The Morgan fingerprint density at radius 1 is 1.10 bits per heavy atom. The van der Waals surface area contributed by atoms with E-state index in [4.69, 9.17) is 0 Å². The van der Waals surface area contributed by atoms with E-state index in [1.54, 1.807) is 0 Å². The molecule has 5 saturated carbocycles. The molecule has 0 aromatic carbocycles. The van der Waals surface area contributed by atoms with Gasteiger partial charge in [-0.25, -0.2) is 0 Å². The Morgan fingerprint density at radius 2 is 1.90 bits per heavy atom. The molecule has 5 nitrogen and oxygen atoms in total. The van der Waals surface area contributed by atoms with Gasteiger partial charge in [-0.15, -0.1) is 5.53 Å². The molecule has 11 atom stereocenters. The lowest BCUT2D eigenvalue weighted by atomic mass is 9.47. The Kier molecular flexibility index (Phi) is 4.23. The van der Waals surface area contributed by atoms with Crippen LogP contribution in [0.15, 0.2) is 12.4 Å². The lowest BCUT2D eigenvalue weighted by Gasteiger charge is -2.58. The van der Waals surface area contributed by atoms with E-state index in [2.05, 4.69) is 31.7 Å². The van der Waals surface area contributed by atoms with E-state index in [9.17, 15) is 9.90 Å². The van der Waals surface area contributed by atoms with Gasteiger partial charge in [0, 0.05) is 18.3 Å². The van der Waals surface area contributed by atoms with E-state index in [0.717, 1.165) is 54.3 Å². The average Bonchev–Trinajstić information content (AvgIpc) is 3.06. The summed E-state index contributed by atoms with van der Waals surface area (Å²) in [6.45, 7) is 7.42. The summed E-state index contributed by atoms with van der Waals surface area (Å²) in [5.74, 6) is 6.75. The fraction of sp³-hybridized carbons (Fsp3) is 0.880. The zero-order valence-corrected chi connectivity index (χ0v) is 18.8. The summed E-state index contributed by atoms with van der Waals surface area (Å²) in [5, 5.41) is 12.5. The maximum Gasteiger partial charge on any atom is 0.157 e. The zero-order valence-electron chi connectivity index (χ0n) is 18.8. The van der Waals surface area contributed by atoms with Crippen LogP contribution in [0.1, 0.15) is 65.7 Å². The smallest absolute Gasteiger partial charge is 0.157 e. The van der Waals surface area contributed by atoms with Crippen LogP contribution in [0.2, 0.25) is 0 Å². The Labute approximate surface area is 181 Å². The monoisotopic (exact) mass is 413 g/mol. The minimum Gasteiger partial charge on any atom is -0.390 e. The third-order valence-corrected chi connectivity index (χ3v) is 10.8. The Morgan fingerprint density at radius 3 is 2.67 bits per heavy atom. The highest BCUT2D eigenvalue weighted by molar-refractivity contribution is 5.85. The van der Waals surface area contributed by atoms with Gasteiger partial charge in [0.1, 0.15) is 0 Å². The van der Waals surface area contributed by atoms with Crippen LogP contribution < -0.4 is 11.0 Å². The molecule has 0 aromatic rings. The van der Waals surface area contributed by atoms with E-state index in [1.807, 2.05) is 17.4 Å². The number of hydrogen-bond acceptors (Lipinski definition) is 5. The molecule has 0 saturated heterocycles. The van der Waals surface area contributed by atoms with Crippen molar-refractivity contribution >= 4 is 5.78 Å². The summed E-state index contributed by atoms with van der Waals surface area (Å²) in [5.41, 5.74) is 5.77. The maximum atomic E-state index is 13.5. The molecule has 6 rings (SSSR count). The summed E-state index contributed by atoms with van der Waals surface area (Å²) >= 11 is 0. The molecular formula is C25H39N3O2. The molecule has 0 radical (unpaired) electrons. The van der Waals surface area contributed by atoms with E-state index in [-0.39, 0.29) is 11.3 Å². The van der Waals surface area contributed by atoms with Crippen molar-refractivity contribution in [3.8, 4) is 0 Å². The van der Waals surface area contributed by atoms with Gasteiger partial charge in [0.25, 0.3) is 0 Å². The number of aliphatic hydroxyl groups is 1. The second-order valence-corrected chi connectivity index (χ2v) is 12.3. The number of ketones is 1. The highest BCUT2D eigenvalue weighted by atomic mass is 16.3. The first-order valence-corrected chi connectivity index (χ1v) is 12.5. The van der Waals surface area contributed by atoms with Crippen LogP contribution in [-0.2, 0) is 4.79 Å². The Balaban J connectivity index is 1.25. The lowest BCUT2D eigenvalue weighted by Crippen LogP contribution is -2.53. The first kappa shape index (κ1) is 19.6. The summed E-state index contributed by atoms with van der Waals surface area (Å²) in [4.78, 5) is 13.5. The molecule has 5 heteroatoms. The molecule has 0 spiro atoms. The summed E-state index contributed by atoms with van der Waals surface area (Å²) < 4.78 is 0. The second kappa shape index (κ2) is 6.48. The second-order valence-electron chi connectivity index (χ2n) is 12.3. The minimum atomic E-state index is -0.439. The highest BCUT2D eigenvalue weighted by Gasteiger charge is 2.74. The van der Waals surface area contributed by atoms with Gasteiger partial charge >= 0.3 is 0 Å². The molecule has 5 fully saturated rings. The average molecular weight is 414 g/mol. The lowest BCUT2D eigenvalue weighted by molar-refractivity contribution is -0.138. The number of carbonyl (C=O) groups excluding carboxylic acids is 1. The van der Waals surface area contributed by atoms with Crippen molar-refractivity contribution < 1.29 is 9.90 Å². The number of Topliss-reactive ketones (excluding diaryl/α,β-unsaturated/α-hetero) is 1. The number of fused-ring (bicyclic) bond motifs is 7. The van der Waals surface area contributed by atoms with Gasteiger partial charge in [-0.05, 0) is 105 Å². The third kappa shape index (κ3) is 2.70. The molecule has 1 unspecified atom stereocenters. The largest absolute Gasteiger partial charge is 0.390 e. The summed E-state index contributed by atoms with van der Waals surface area (Å²) in [6, 6.07) is 0. The van der Waals surface area contributed by atoms with E-state index < -0.39 is 5.60 Å². The molecule has 6 aliphatic rings. The number of rotatable bonds is 3. The number of nitrogens with zero attached hydrogens (tertiary/aromatic N) is 1.